The molecule has 11 nitrogen and oxygen atoms in total. The molecular formula is C24H26N6O5S. The van der Waals surface area contributed by atoms with Crippen LogP contribution in [0.3, 0.4) is 0 Å². The number of non-ortho nitro benzene ring substituents is 1. The standard InChI is InChI=1S/C24H26N6O5S/c1-4-13-29-23(16(2)25-21(31)14-17-5-11-20(35-3)12-6-17)27-28-24(29)36-15-22(32)26-18-7-9-19(10-8-18)30(33)34/h4-12,16H,1,13-15H2,2-3H3,(H,25,31)(H,26,32)/t16-/m1/s1. The van der Waals surface area contributed by atoms with Crippen LogP contribution in [-0.4, -0.2) is 44.4 Å². The second-order valence-electron chi connectivity index (χ2n) is 7.69. The van der Waals surface area contributed by atoms with Gasteiger partial charge in [-0.1, -0.05) is 30.0 Å². The molecule has 0 saturated heterocycles. The van der Waals surface area contributed by atoms with Crippen molar-refractivity contribution in [2.45, 2.75) is 31.1 Å². The van der Waals surface area contributed by atoms with Gasteiger partial charge in [0.15, 0.2) is 11.0 Å². The fourth-order valence-corrected chi connectivity index (χ4v) is 4.06. The van der Waals surface area contributed by atoms with Crippen LogP contribution >= 0.6 is 11.8 Å². The number of hydrogen-bond donors (Lipinski definition) is 2. The summed E-state index contributed by atoms with van der Waals surface area (Å²) < 4.78 is 6.92. The molecule has 2 N–H and O–H groups in total. The van der Waals surface area contributed by atoms with Gasteiger partial charge in [-0.05, 0) is 36.8 Å². The van der Waals surface area contributed by atoms with Gasteiger partial charge in [-0.25, -0.2) is 0 Å². The number of carbonyl (C=O) groups is 2. The first-order valence-corrected chi connectivity index (χ1v) is 11.9. The summed E-state index contributed by atoms with van der Waals surface area (Å²) in [4.78, 5) is 35.2. The molecule has 3 aromatic rings. The molecule has 2 aromatic carbocycles. The van der Waals surface area contributed by atoms with Gasteiger partial charge in [0.05, 0.1) is 30.2 Å². The molecule has 0 aliphatic heterocycles. The molecule has 0 aliphatic rings. The Morgan fingerprint density at radius 2 is 1.86 bits per heavy atom. The van der Waals surface area contributed by atoms with Gasteiger partial charge in [-0.3, -0.25) is 19.7 Å². The number of aromatic nitrogens is 3. The number of allylic oxidation sites excluding steroid dienone is 1. The number of nitrogens with one attached hydrogen (secondary N) is 2. The number of thioether (sulfide) groups is 1. The van der Waals surface area contributed by atoms with Crippen LogP contribution in [0.2, 0.25) is 0 Å². The van der Waals surface area contributed by atoms with Gasteiger partial charge in [-0.15, -0.1) is 16.8 Å². The van der Waals surface area contributed by atoms with Gasteiger partial charge in [0.25, 0.3) is 5.69 Å². The number of benzene rings is 2. The first-order valence-electron chi connectivity index (χ1n) is 10.9. The minimum atomic E-state index is -0.506. The number of nitro groups is 1. The van der Waals surface area contributed by atoms with E-state index >= 15 is 0 Å². The van der Waals surface area contributed by atoms with E-state index in [2.05, 4.69) is 27.4 Å². The van der Waals surface area contributed by atoms with Crippen molar-refractivity contribution in [3.05, 3.63) is 82.7 Å². The van der Waals surface area contributed by atoms with Gasteiger partial charge < -0.3 is 19.9 Å². The van der Waals surface area contributed by atoms with Crippen molar-refractivity contribution >= 4 is 35.0 Å². The van der Waals surface area contributed by atoms with Crippen molar-refractivity contribution in [1.29, 1.82) is 0 Å². The van der Waals surface area contributed by atoms with Crippen LogP contribution in [-0.2, 0) is 22.6 Å². The molecule has 1 heterocycles. The van der Waals surface area contributed by atoms with E-state index in [1.165, 1.54) is 36.0 Å². The molecule has 188 valence electrons. The van der Waals surface area contributed by atoms with Gasteiger partial charge >= 0.3 is 0 Å². The Kier molecular flexibility index (Phi) is 9.17. The Morgan fingerprint density at radius 1 is 1.17 bits per heavy atom. The molecule has 3 rings (SSSR count). The normalized spacial score (nSPS) is 11.4. The molecule has 0 unspecified atom stereocenters. The molecule has 1 aromatic heterocycles. The maximum atomic E-state index is 12.6. The minimum Gasteiger partial charge on any atom is -0.497 e. The third-order valence-corrected chi connectivity index (χ3v) is 6.01. The average molecular weight is 511 g/mol. The highest BCUT2D eigenvalue weighted by Gasteiger charge is 2.20. The largest absolute Gasteiger partial charge is 0.497 e. The summed E-state index contributed by atoms with van der Waals surface area (Å²) in [5.41, 5.74) is 1.24. The zero-order chi connectivity index (χ0) is 26.1. The number of hydrogen-bond acceptors (Lipinski definition) is 8. The van der Waals surface area contributed by atoms with Crippen molar-refractivity contribution in [2.75, 3.05) is 18.2 Å². The highest BCUT2D eigenvalue weighted by molar-refractivity contribution is 7.99. The summed E-state index contributed by atoms with van der Waals surface area (Å²) in [6.45, 7) is 5.98. The predicted molar refractivity (Wildman–Crippen MR) is 136 cm³/mol. The number of amides is 2. The lowest BCUT2D eigenvalue weighted by Crippen LogP contribution is -2.30. The average Bonchev–Trinajstić information content (AvgIpc) is 3.26. The fraction of sp³-hybridized carbons (Fsp3) is 0.250. The summed E-state index contributed by atoms with van der Waals surface area (Å²) in [5, 5.41) is 25.3. The molecular weight excluding hydrogens is 484 g/mol. The molecule has 0 radical (unpaired) electrons. The molecule has 36 heavy (non-hydrogen) atoms. The van der Waals surface area contributed by atoms with E-state index < -0.39 is 11.0 Å². The lowest BCUT2D eigenvalue weighted by atomic mass is 10.1. The van der Waals surface area contributed by atoms with Crippen molar-refractivity contribution in [2.24, 2.45) is 0 Å². The molecule has 12 heteroatoms. The van der Waals surface area contributed by atoms with Gasteiger partial charge in [-0.2, -0.15) is 0 Å². The van der Waals surface area contributed by atoms with Crippen molar-refractivity contribution in [3.63, 3.8) is 0 Å². The topological polar surface area (TPSA) is 141 Å². The van der Waals surface area contributed by atoms with E-state index in [0.29, 0.717) is 23.2 Å². The van der Waals surface area contributed by atoms with Crippen LogP contribution in [0.15, 0.2) is 66.3 Å². The van der Waals surface area contributed by atoms with E-state index in [-0.39, 0.29) is 29.7 Å². The van der Waals surface area contributed by atoms with Crippen LogP contribution < -0.4 is 15.4 Å². The van der Waals surface area contributed by atoms with Gasteiger partial charge in [0.1, 0.15) is 5.75 Å². The van der Waals surface area contributed by atoms with Crippen molar-refractivity contribution in [1.82, 2.24) is 20.1 Å². The summed E-state index contributed by atoms with van der Waals surface area (Å²) in [5.74, 6) is 0.833. The van der Waals surface area contributed by atoms with Crippen LogP contribution in [0.5, 0.6) is 5.75 Å². The predicted octanol–water partition coefficient (Wildman–Crippen LogP) is 3.53. The summed E-state index contributed by atoms with van der Waals surface area (Å²) in [6, 6.07) is 12.4. The Hall–Kier alpha value is -4.19. The lowest BCUT2D eigenvalue weighted by Gasteiger charge is -2.15. The number of rotatable bonds is 12. The molecule has 0 fully saturated rings. The maximum absolute atomic E-state index is 12.6. The number of anilines is 1. The summed E-state index contributed by atoms with van der Waals surface area (Å²) in [6.07, 6.45) is 1.88. The Bertz CT molecular complexity index is 1230. The summed E-state index contributed by atoms with van der Waals surface area (Å²) in [7, 11) is 1.58. The first-order chi connectivity index (χ1) is 17.3. The third kappa shape index (κ3) is 7.15. The molecule has 2 amide bonds. The van der Waals surface area contributed by atoms with E-state index in [1.807, 2.05) is 19.1 Å². The monoisotopic (exact) mass is 510 g/mol. The first kappa shape index (κ1) is 26.4. The van der Waals surface area contributed by atoms with Crippen LogP contribution in [0, 0.1) is 10.1 Å². The Balaban J connectivity index is 1.59. The zero-order valence-electron chi connectivity index (χ0n) is 19.8. The highest BCUT2D eigenvalue weighted by atomic mass is 32.2. The third-order valence-electron chi connectivity index (χ3n) is 5.04. The quantitative estimate of drug-likeness (QED) is 0.163. The van der Waals surface area contributed by atoms with Crippen molar-refractivity contribution < 1.29 is 19.2 Å². The minimum absolute atomic E-state index is 0.0461. The fourth-order valence-electron chi connectivity index (χ4n) is 3.31. The van der Waals surface area contributed by atoms with E-state index in [4.69, 9.17) is 4.74 Å². The number of nitrogens with zero attached hydrogens (tertiary/aromatic N) is 4. The Labute approximate surface area is 212 Å². The summed E-state index contributed by atoms with van der Waals surface area (Å²) >= 11 is 1.18. The smallest absolute Gasteiger partial charge is 0.269 e. The number of carbonyl (C=O) groups excluding carboxylic acids is 2. The molecule has 0 bridgehead atoms. The van der Waals surface area contributed by atoms with E-state index in [9.17, 15) is 19.7 Å². The number of ether oxygens (including phenoxy) is 1. The SMILES string of the molecule is C=CCn1c(SCC(=O)Nc2ccc([N+](=O)[O-])cc2)nnc1[C@@H](C)NC(=O)Cc1ccc(OC)cc1. The second kappa shape index (κ2) is 12.5. The van der Waals surface area contributed by atoms with Crippen LogP contribution in [0.4, 0.5) is 11.4 Å². The maximum Gasteiger partial charge on any atom is 0.269 e. The number of nitro benzene ring substituents is 1. The van der Waals surface area contributed by atoms with Crippen LogP contribution in [0.1, 0.15) is 24.4 Å². The number of methoxy groups -OCH3 is 1. The zero-order valence-corrected chi connectivity index (χ0v) is 20.7. The Morgan fingerprint density at radius 3 is 2.47 bits per heavy atom. The lowest BCUT2D eigenvalue weighted by molar-refractivity contribution is -0.384. The van der Waals surface area contributed by atoms with Crippen molar-refractivity contribution in [3.8, 4) is 5.75 Å². The van der Waals surface area contributed by atoms with E-state index in [1.54, 1.807) is 29.9 Å². The molecule has 0 spiro atoms. The van der Waals surface area contributed by atoms with E-state index in [0.717, 1.165) is 11.3 Å². The van der Waals surface area contributed by atoms with Gasteiger partial charge in [0.2, 0.25) is 11.8 Å². The highest BCUT2D eigenvalue weighted by Crippen LogP contribution is 2.22. The molecule has 0 aliphatic carbocycles. The van der Waals surface area contributed by atoms with Gasteiger partial charge in [0, 0.05) is 24.4 Å². The molecule has 1 atom stereocenters. The molecule has 0 saturated carbocycles. The second-order valence-corrected chi connectivity index (χ2v) is 8.64. The van der Waals surface area contributed by atoms with Crippen LogP contribution in [0.25, 0.3) is 0 Å².